The summed E-state index contributed by atoms with van der Waals surface area (Å²) in [5.41, 5.74) is 6.02. The molecule has 5 N–H and O–H groups in total. The van der Waals surface area contributed by atoms with E-state index < -0.39 is 48.5 Å². The van der Waals surface area contributed by atoms with Crippen molar-refractivity contribution >= 4 is 51.0 Å². The number of fused-ring (bicyclic) bond motifs is 4. The summed E-state index contributed by atoms with van der Waals surface area (Å²) in [5, 5.41) is 44.7. The van der Waals surface area contributed by atoms with Crippen molar-refractivity contribution in [2.24, 2.45) is 5.92 Å². The molecule has 1 aliphatic carbocycles. The molecule has 3 aliphatic heterocycles. The van der Waals surface area contributed by atoms with E-state index in [1.54, 1.807) is 26.4 Å². The smallest absolute Gasteiger partial charge is 0.319 e. The number of nitrogens with one attached hydrogen (secondary N) is 3. The molecule has 0 radical (unpaired) electrons. The average Bonchev–Trinajstić information content (AvgIpc) is 4.12. The molecule has 6 heterocycles. The number of rotatable bonds is 17. The largest absolute Gasteiger partial charge is 0.486 e. The van der Waals surface area contributed by atoms with Crippen molar-refractivity contribution < 1.29 is 42.8 Å². The Balaban J connectivity index is 0.884. The topological polar surface area (TPSA) is 218 Å². The maximum Gasteiger partial charge on any atom is 0.319 e. The lowest BCUT2D eigenvalue weighted by Crippen LogP contribution is -2.51. The molecule has 3 aromatic heterocycles. The standard InChI is InChI=1S/C57H60ClF2N11O7/c1-29(2)52(56(75)70-24-39(73)18-47(70)55(74)63-36(26-72)16-15-35-7-6-8-43(58)50(35)60)71-25-46(67-68-71)34-11-9-32(10-12-34)28-77-53-49(48-31(4)44(59)20-45-42(48)22-62-66-45)40(33-13-14-33)19-41-51(53)64-57(78-27-30(3)76-5)65-54(41)69-23-37-17-38(69)21-61-37/h6-12,19-20,22,25,29-30,33,36-39,47,52,61,72-73H,13-14,17-18,21,23-24,26-28H2,1-5H3,(H,62,66)(H,63,74)/t30-,36+,37-,38-,39+,47-,52-/m0/s1. The zero-order valence-corrected chi connectivity index (χ0v) is 44.5. The van der Waals surface area contributed by atoms with Gasteiger partial charge >= 0.3 is 6.01 Å². The first kappa shape index (κ1) is 52.8. The summed E-state index contributed by atoms with van der Waals surface area (Å²) in [6, 6.07) is 13.3. The van der Waals surface area contributed by atoms with Gasteiger partial charge in [-0.25, -0.2) is 13.5 Å². The molecule has 4 aliphatic rings. The number of methoxy groups -OCH3 is 1. The van der Waals surface area contributed by atoms with E-state index in [4.69, 9.17) is 35.8 Å². The second kappa shape index (κ2) is 21.9. The van der Waals surface area contributed by atoms with Crippen LogP contribution < -0.4 is 25.0 Å². The number of anilines is 1. The number of hydrogen-bond acceptors (Lipinski definition) is 14. The summed E-state index contributed by atoms with van der Waals surface area (Å²) in [7, 11) is 1.63. The Bertz CT molecular complexity index is 3490. The maximum atomic E-state index is 16.1. The zero-order chi connectivity index (χ0) is 54.5. The van der Waals surface area contributed by atoms with Gasteiger partial charge in [-0.15, -0.1) is 5.10 Å². The van der Waals surface area contributed by atoms with Gasteiger partial charge in [0.05, 0.1) is 47.3 Å². The summed E-state index contributed by atoms with van der Waals surface area (Å²) in [6.07, 6.45) is 5.05. The average molecular weight is 1080 g/mol. The molecule has 78 heavy (non-hydrogen) atoms. The summed E-state index contributed by atoms with van der Waals surface area (Å²) in [5.74, 6) is 4.21. The molecule has 3 saturated heterocycles. The molecule has 0 unspecified atom stereocenters. The number of benzene rings is 4. The highest BCUT2D eigenvalue weighted by Gasteiger charge is 2.44. The van der Waals surface area contributed by atoms with E-state index in [-0.39, 0.29) is 72.6 Å². The normalized spacial score (nSPS) is 20.1. The fourth-order valence-electron chi connectivity index (χ4n) is 11.0. The van der Waals surface area contributed by atoms with Crippen LogP contribution in [0.2, 0.25) is 5.02 Å². The molecular formula is C57H60ClF2N11O7. The SMILES string of the molecule is CO[C@@H](C)COc1nc(N2C[C@@H]3C[C@H]2CN3)c2cc(C3CC3)c(-c3c(C)c(F)cc4[nH]ncc34)c(OCc3ccc(-c4cn([C@H](C(=O)N5C[C@H](O)C[C@H]5C(=O)N[C@H](C#Cc5cccc(Cl)c5F)CO)C(C)C)nn4)cc3)c2n1. The molecule has 2 bridgehead atoms. The van der Waals surface area contributed by atoms with Gasteiger partial charge in [-0.05, 0) is 85.9 Å². The Morgan fingerprint density at radius 1 is 1.01 bits per heavy atom. The number of H-pyrrole nitrogens is 1. The number of likely N-dealkylation sites (tertiary alicyclic amines) is 1. The molecule has 7 atom stereocenters. The second-order valence-corrected chi connectivity index (χ2v) is 21.5. The van der Waals surface area contributed by atoms with E-state index in [2.05, 4.69) is 54.0 Å². The first-order valence-electron chi connectivity index (χ1n) is 26.3. The van der Waals surface area contributed by atoms with Gasteiger partial charge in [-0.2, -0.15) is 15.1 Å². The Hall–Kier alpha value is -7.28. The van der Waals surface area contributed by atoms with Crippen LogP contribution in [-0.4, -0.2) is 138 Å². The van der Waals surface area contributed by atoms with Crippen molar-refractivity contribution in [3.63, 3.8) is 0 Å². The van der Waals surface area contributed by atoms with Crippen molar-refractivity contribution in [3.05, 3.63) is 106 Å². The highest BCUT2D eigenvalue weighted by molar-refractivity contribution is 6.30. The van der Waals surface area contributed by atoms with Crippen LogP contribution in [-0.2, 0) is 20.9 Å². The summed E-state index contributed by atoms with van der Waals surface area (Å²) in [6.45, 7) is 8.63. The van der Waals surface area contributed by atoms with Gasteiger partial charge in [0.2, 0.25) is 11.8 Å². The Morgan fingerprint density at radius 2 is 1.82 bits per heavy atom. The molecule has 4 aromatic carbocycles. The van der Waals surface area contributed by atoms with E-state index in [0.29, 0.717) is 45.2 Å². The third kappa shape index (κ3) is 10.3. The summed E-state index contributed by atoms with van der Waals surface area (Å²) in [4.78, 5) is 42.0. The lowest BCUT2D eigenvalue weighted by Gasteiger charge is -2.30. The highest BCUT2D eigenvalue weighted by atomic mass is 35.5. The number of carbonyl (C=O) groups excluding carboxylic acids is 2. The van der Waals surface area contributed by atoms with Crippen LogP contribution in [0.1, 0.15) is 80.7 Å². The van der Waals surface area contributed by atoms with Crippen LogP contribution in [0.25, 0.3) is 44.2 Å². The molecule has 406 valence electrons. The first-order chi connectivity index (χ1) is 37.7. The van der Waals surface area contributed by atoms with Gasteiger partial charge in [0, 0.05) is 72.7 Å². The lowest BCUT2D eigenvalue weighted by molar-refractivity contribution is -0.142. The number of ether oxygens (including phenoxy) is 3. The van der Waals surface area contributed by atoms with E-state index in [1.165, 1.54) is 33.8 Å². The minimum absolute atomic E-state index is 0.00972. The number of aromatic nitrogens is 7. The summed E-state index contributed by atoms with van der Waals surface area (Å²) < 4.78 is 50.9. The fraction of sp³-hybridized carbons (Fsp3) is 0.421. The quantitative estimate of drug-likeness (QED) is 0.0595. The Morgan fingerprint density at radius 3 is 2.54 bits per heavy atom. The lowest BCUT2D eigenvalue weighted by atomic mass is 9.88. The number of amides is 2. The molecule has 18 nitrogen and oxygen atoms in total. The summed E-state index contributed by atoms with van der Waals surface area (Å²) >= 11 is 5.90. The predicted octanol–water partition coefficient (Wildman–Crippen LogP) is 6.78. The number of nitrogens with zero attached hydrogens (tertiary/aromatic N) is 8. The van der Waals surface area contributed by atoms with Crippen LogP contribution in [0.3, 0.4) is 0 Å². The van der Waals surface area contributed by atoms with E-state index >= 15 is 4.39 Å². The minimum atomic E-state index is -1.10. The third-order valence-corrected chi connectivity index (χ3v) is 15.6. The van der Waals surface area contributed by atoms with Gasteiger partial charge in [-0.1, -0.05) is 72.8 Å². The molecule has 7 aromatic rings. The number of piperazine rings is 1. The van der Waals surface area contributed by atoms with Crippen molar-refractivity contribution in [2.45, 2.75) is 108 Å². The van der Waals surface area contributed by atoms with Crippen molar-refractivity contribution in [1.29, 1.82) is 0 Å². The number of β-amino-alcohol motifs (C(OH)–C–C–N with tert-alkyl or cyclic N) is 1. The van der Waals surface area contributed by atoms with Gasteiger partial charge < -0.3 is 44.9 Å². The number of aliphatic hydroxyl groups is 2. The number of halogens is 3. The Kier molecular flexibility index (Phi) is 14.8. The number of hydrogen-bond donors (Lipinski definition) is 5. The molecule has 2 amide bonds. The zero-order valence-electron chi connectivity index (χ0n) is 43.8. The van der Waals surface area contributed by atoms with E-state index in [0.717, 1.165) is 65.6 Å². The maximum absolute atomic E-state index is 16.1. The van der Waals surface area contributed by atoms with Gasteiger partial charge in [0.25, 0.3) is 0 Å². The Labute approximate surface area is 453 Å². The predicted molar refractivity (Wildman–Crippen MR) is 288 cm³/mol. The van der Waals surface area contributed by atoms with E-state index in [1.807, 2.05) is 45.0 Å². The minimum Gasteiger partial charge on any atom is -0.486 e. The fourth-order valence-corrected chi connectivity index (χ4v) is 11.2. The molecule has 1 saturated carbocycles. The molecule has 0 spiro atoms. The van der Waals surface area contributed by atoms with Crippen molar-refractivity contribution in [3.8, 4) is 46.0 Å². The third-order valence-electron chi connectivity index (χ3n) is 15.3. The number of carbonyl (C=O) groups is 2. The second-order valence-electron chi connectivity index (χ2n) is 21.1. The molecular weight excluding hydrogens is 1020 g/mol. The van der Waals surface area contributed by atoms with Crippen LogP contribution in [0.5, 0.6) is 11.8 Å². The van der Waals surface area contributed by atoms with Crippen LogP contribution in [0.15, 0.2) is 67.0 Å². The van der Waals surface area contributed by atoms with Crippen LogP contribution in [0, 0.1) is 36.3 Å². The molecule has 4 fully saturated rings. The van der Waals surface area contributed by atoms with Gasteiger partial charge in [0.1, 0.15) is 54.2 Å². The van der Waals surface area contributed by atoms with Crippen LogP contribution in [0.4, 0.5) is 14.6 Å². The molecule has 21 heteroatoms. The van der Waals surface area contributed by atoms with Crippen molar-refractivity contribution in [2.75, 3.05) is 44.9 Å². The number of aliphatic hydroxyl groups excluding tert-OH is 2. The van der Waals surface area contributed by atoms with Gasteiger partial charge in [-0.3, -0.25) is 14.7 Å². The van der Waals surface area contributed by atoms with Gasteiger partial charge in [0.15, 0.2) is 11.6 Å². The highest BCUT2D eigenvalue weighted by Crippen LogP contribution is 2.53. The monoisotopic (exact) mass is 1080 g/mol. The molecule has 11 rings (SSSR count). The van der Waals surface area contributed by atoms with E-state index in [9.17, 15) is 24.2 Å². The number of aromatic amines is 1. The van der Waals surface area contributed by atoms with Crippen LogP contribution >= 0.6 is 11.6 Å². The van der Waals surface area contributed by atoms with Crippen molar-refractivity contribution in [1.82, 2.24) is 50.7 Å². The first-order valence-corrected chi connectivity index (χ1v) is 26.7.